The Balaban J connectivity index is 1.76. The summed E-state index contributed by atoms with van der Waals surface area (Å²) in [5.41, 5.74) is 3.90. The van der Waals surface area contributed by atoms with Gasteiger partial charge in [0.1, 0.15) is 5.82 Å². The summed E-state index contributed by atoms with van der Waals surface area (Å²) in [6.07, 6.45) is 1.46. The van der Waals surface area contributed by atoms with Crippen molar-refractivity contribution in [2.75, 3.05) is 5.32 Å². The molecule has 0 saturated carbocycles. The first-order valence-corrected chi connectivity index (χ1v) is 9.55. The molecule has 0 radical (unpaired) electrons. The van der Waals surface area contributed by atoms with Gasteiger partial charge in [-0.1, -0.05) is 39.7 Å². The van der Waals surface area contributed by atoms with Gasteiger partial charge in [-0.15, -0.1) is 0 Å². The maximum atomic E-state index is 13.0. The minimum absolute atomic E-state index is 0.207. The topological polar surface area (TPSA) is 70.6 Å². The Morgan fingerprint density at radius 3 is 2.48 bits per heavy atom. The van der Waals surface area contributed by atoms with E-state index in [2.05, 4.69) is 31.8 Å². The summed E-state index contributed by atoms with van der Waals surface area (Å²) in [6.45, 7) is 0. The number of halogens is 3. The Morgan fingerprint density at radius 2 is 1.76 bits per heavy atom. The molecular formula is C21H14BrClFN3O2. The highest BCUT2D eigenvalue weighted by Gasteiger charge is 2.15. The van der Waals surface area contributed by atoms with Crippen LogP contribution >= 0.6 is 27.5 Å². The van der Waals surface area contributed by atoms with E-state index in [-0.39, 0.29) is 16.8 Å². The standard InChI is InChI=1S/C21H14BrClFN3O2/c22-15-6-9-19(26-20(28)14-4-7-17(24)8-5-14)18(11-15)21(29)27-25-12-13-2-1-3-16(23)10-13/h1-12H,(H,26,28)(H,27,29). The number of nitrogens with zero attached hydrogens (tertiary/aromatic N) is 1. The van der Waals surface area contributed by atoms with Crippen molar-refractivity contribution in [3.05, 3.63) is 98.7 Å². The predicted molar refractivity (Wildman–Crippen MR) is 115 cm³/mol. The van der Waals surface area contributed by atoms with Crippen molar-refractivity contribution in [3.63, 3.8) is 0 Å². The van der Waals surface area contributed by atoms with E-state index in [9.17, 15) is 14.0 Å². The van der Waals surface area contributed by atoms with Crippen LogP contribution in [0.1, 0.15) is 26.3 Å². The van der Waals surface area contributed by atoms with Crippen molar-refractivity contribution in [3.8, 4) is 0 Å². The van der Waals surface area contributed by atoms with Crippen molar-refractivity contribution in [1.82, 2.24) is 5.43 Å². The van der Waals surface area contributed by atoms with Gasteiger partial charge in [0.2, 0.25) is 0 Å². The van der Waals surface area contributed by atoms with Crippen LogP contribution in [0.4, 0.5) is 10.1 Å². The van der Waals surface area contributed by atoms with Crippen LogP contribution < -0.4 is 10.7 Å². The van der Waals surface area contributed by atoms with E-state index in [1.54, 1.807) is 42.5 Å². The molecule has 0 aromatic heterocycles. The van der Waals surface area contributed by atoms with Crippen molar-refractivity contribution in [1.29, 1.82) is 0 Å². The van der Waals surface area contributed by atoms with E-state index in [1.807, 2.05) is 0 Å². The molecule has 29 heavy (non-hydrogen) atoms. The number of rotatable bonds is 5. The Hall–Kier alpha value is -3.03. The summed E-state index contributed by atoms with van der Waals surface area (Å²) in [5, 5.41) is 7.14. The number of hydrogen-bond donors (Lipinski definition) is 2. The van der Waals surface area contributed by atoms with Gasteiger partial charge in [0.15, 0.2) is 0 Å². The summed E-state index contributed by atoms with van der Waals surface area (Å²) in [5.74, 6) is -1.43. The zero-order valence-corrected chi connectivity index (χ0v) is 17.2. The molecule has 0 aliphatic heterocycles. The molecule has 0 saturated heterocycles. The molecule has 0 aliphatic rings. The second-order valence-corrected chi connectivity index (χ2v) is 7.26. The third-order valence-corrected chi connectivity index (χ3v) is 4.54. The van der Waals surface area contributed by atoms with Crippen molar-refractivity contribution in [2.45, 2.75) is 0 Å². The summed E-state index contributed by atoms with van der Waals surface area (Å²) < 4.78 is 13.7. The van der Waals surface area contributed by atoms with Gasteiger partial charge in [-0.25, -0.2) is 9.82 Å². The van der Waals surface area contributed by atoms with Crippen LogP contribution in [-0.4, -0.2) is 18.0 Å². The smallest absolute Gasteiger partial charge is 0.273 e. The first kappa shape index (κ1) is 20.7. The number of amides is 2. The van der Waals surface area contributed by atoms with Crippen LogP contribution in [0.5, 0.6) is 0 Å². The van der Waals surface area contributed by atoms with Gasteiger partial charge in [-0.05, 0) is 60.2 Å². The van der Waals surface area contributed by atoms with Crippen LogP contribution in [0, 0.1) is 5.82 Å². The molecule has 0 bridgehead atoms. The first-order valence-electron chi connectivity index (χ1n) is 8.38. The summed E-state index contributed by atoms with van der Waals surface area (Å²) in [6, 6.07) is 16.9. The quantitative estimate of drug-likeness (QED) is 0.391. The Bertz CT molecular complexity index is 1090. The number of hydrazone groups is 1. The highest BCUT2D eigenvalue weighted by Crippen LogP contribution is 2.22. The van der Waals surface area contributed by atoms with Crippen molar-refractivity contribution >= 4 is 51.2 Å². The monoisotopic (exact) mass is 473 g/mol. The third-order valence-electron chi connectivity index (χ3n) is 3.81. The largest absolute Gasteiger partial charge is 0.321 e. The van der Waals surface area contributed by atoms with Gasteiger partial charge in [-0.2, -0.15) is 5.10 Å². The Kier molecular flexibility index (Phi) is 6.74. The fraction of sp³-hybridized carbons (Fsp3) is 0. The Morgan fingerprint density at radius 1 is 1.00 bits per heavy atom. The summed E-state index contributed by atoms with van der Waals surface area (Å²) in [4.78, 5) is 25.0. The average molecular weight is 475 g/mol. The van der Waals surface area contributed by atoms with Crippen LogP contribution in [0.15, 0.2) is 76.3 Å². The molecule has 3 aromatic rings. The second kappa shape index (κ2) is 9.45. The SMILES string of the molecule is O=C(Nc1ccc(Br)cc1C(=O)NN=Cc1cccc(Cl)c1)c1ccc(F)cc1. The maximum absolute atomic E-state index is 13.0. The molecule has 2 N–H and O–H groups in total. The number of benzene rings is 3. The number of anilines is 1. The van der Waals surface area contributed by atoms with E-state index < -0.39 is 17.6 Å². The number of carbonyl (C=O) groups excluding carboxylic acids is 2. The summed E-state index contributed by atoms with van der Waals surface area (Å²) in [7, 11) is 0. The molecule has 0 spiro atoms. The van der Waals surface area contributed by atoms with Gasteiger partial charge in [0.05, 0.1) is 17.5 Å². The molecule has 146 valence electrons. The van der Waals surface area contributed by atoms with Crippen LogP contribution in [-0.2, 0) is 0 Å². The van der Waals surface area contributed by atoms with Gasteiger partial charge in [0, 0.05) is 15.1 Å². The molecule has 3 rings (SSSR count). The van der Waals surface area contributed by atoms with Gasteiger partial charge >= 0.3 is 0 Å². The van der Waals surface area contributed by atoms with E-state index >= 15 is 0 Å². The fourth-order valence-corrected chi connectivity index (χ4v) is 2.98. The molecule has 0 aliphatic carbocycles. The molecular weight excluding hydrogens is 461 g/mol. The van der Waals surface area contributed by atoms with E-state index in [4.69, 9.17) is 11.6 Å². The van der Waals surface area contributed by atoms with Gasteiger partial charge in [-0.3, -0.25) is 9.59 Å². The number of hydrogen-bond acceptors (Lipinski definition) is 3. The lowest BCUT2D eigenvalue weighted by Crippen LogP contribution is -2.21. The predicted octanol–water partition coefficient (Wildman–Crippen LogP) is 5.26. The minimum atomic E-state index is -0.515. The van der Waals surface area contributed by atoms with Crippen LogP contribution in [0.3, 0.4) is 0 Å². The van der Waals surface area contributed by atoms with Crippen LogP contribution in [0.2, 0.25) is 5.02 Å². The number of nitrogens with one attached hydrogen (secondary N) is 2. The molecule has 2 amide bonds. The zero-order valence-electron chi connectivity index (χ0n) is 14.8. The Labute approximate surface area is 179 Å². The van der Waals surface area contributed by atoms with Crippen LogP contribution in [0.25, 0.3) is 0 Å². The molecule has 5 nitrogen and oxygen atoms in total. The maximum Gasteiger partial charge on any atom is 0.273 e. The normalized spacial score (nSPS) is 10.7. The number of carbonyl (C=O) groups is 2. The van der Waals surface area contributed by atoms with Crippen molar-refractivity contribution < 1.29 is 14.0 Å². The molecule has 0 atom stereocenters. The molecule has 3 aromatic carbocycles. The molecule has 0 heterocycles. The first-order chi connectivity index (χ1) is 13.9. The zero-order chi connectivity index (χ0) is 20.8. The lowest BCUT2D eigenvalue weighted by Gasteiger charge is -2.11. The van der Waals surface area contributed by atoms with Crippen molar-refractivity contribution in [2.24, 2.45) is 5.10 Å². The van der Waals surface area contributed by atoms with Gasteiger partial charge in [0.25, 0.3) is 11.8 Å². The fourth-order valence-electron chi connectivity index (χ4n) is 2.42. The molecule has 0 fully saturated rings. The minimum Gasteiger partial charge on any atom is -0.321 e. The summed E-state index contributed by atoms with van der Waals surface area (Å²) >= 11 is 9.22. The lowest BCUT2D eigenvalue weighted by atomic mass is 10.1. The second-order valence-electron chi connectivity index (χ2n) is 5.91. The highest BCUT2D eigenvalue weighted by atomic mass is 79.9. The molecule has 0 unspecified atom stereocenters. The van der Waals surface area contributed by atoms with E-state index in [0.29, 0.717) is 9.50 Å². The van der Waals surface area contributed by atoms with E-state index in [1.165, 1.54) is 30.5 Å². The van der Waals surface area contributed by atoms with E-state index in [0.717, 1.165) is 5.56 Å². The lowest BCUT2D eigenvalue weighted by molar-refractivity contribution is 0.0956. The highest BCUT2D eigenvalue weighted by molar-refractivity contribution is 9.10. The van der Waals surface area contributed by atoms with Gasteiger partial charge < -0.3 is 5.32 Å². The average Bonchev–Trinajstić information content (AvgIpc) is 2.69. The third kappa shape index (κ3) is 5.73. The molecule has 8 heteroatoms.